The first kappa shape index (κ1) is 34.7. The van der Waals surface area contributed by atoms with E-state index in [9.17, 15) is 14.4 Å². The van der Waals surface area contributed by atoms with Crippen LogP contribution in [0.1, 0.15) is 39.2 Å². The van der Waals surface area contributed by atoms with Gasteiger partial charge in [0, 0.05) is 17.2 Å². The number of esters is 3. The van der Waals surface area contributed by atoms with Crippen LogP contribution >= 0.6 is 0 Å². The van der Waals surface area contributed by atoms with Crippen LogP contribution in [0, 0.1) is 0 Å². The molecule has 0 amide bonds. The summed E-state index contributed by atoms with van der Waals surface area (Å²) in [5.74, 6) is -1.12. The van der Waals surface area contributed by atoms with E-state index in [-0.39, 0.29) is 31.3 Å². The number of carbonyl (C=O) groups excluding carboxylic acids is 3. The number of carbonyl (C=O) groups is 3. The second-order valence-corrected chi connectivity index (χ2v) is 7.31. The lowest BCUT2D eigenvalue weighted by Gasteiger charge is -2.01. The van der Waals surface area contributed by atoms with Crippen LogP contribution < -0.4 is 0 Å². The van der Waals surface area contributed by atoms with E-state index in [1.807, 2.05) is 36.4 Å². The molecule has 200 valence electrons. The lowest BCUT2D eigenvalue weighted by molar-refractivity contribution is -0.140. The van der Waals surface area contributed by atoms with Crippen molar-refractivity contribution in [2.24, 2.45) is 0 Å². The Morgan fingerprint density at radius 3 is 1.94 bits per heavy atom. The van der Waals surface area contributed by atoms with Gasteiger partial charge in [-0.2, -0.15) is 0 Å². The maximum absolute atomic E-state index is 10.7. The SMILES string of the molecule is C=C(C)C(=O)OCC1CO1.C=C(C)C(=O)OCCCC.C=CC(=O)OCCO.C=Cc1ccccc1. The lowest BCUT2D eigenvalue weighted by Crippen LogP contribution is -2.09. The van der Waals surface area contributed by atoms with Crippen molar-refractivity contribution in [3.63, 3.8) is 0 Å². The molecule has 0 bridgehead atoms. The summed E-state index contributed by atoms with van der Waals surface area (Å²) >= 11 is 0. The van der Waals surface area contributed by atoms with E-state index in [1.165, 1.54) is 5.56 Å². The van der Waals surface area contributed by atoms with Crippen molar-refractivity contribution < 1.29 is 38.4 Å². The number of aliphatic hydroxyl groups excluding tert-OH is 1. The molecule has 1 N–H and O–H groups in total. The van der Waals surface area contributed by atoms with Crippen LogP contribution in [0.3, 0.4) is 0 Å². The van der Waals surface area contributed by atoms with Gasteiger partial charge < -0.3 is 24.1 Å². The number of hydrogen-bond donors (Lipinski definition) is 1. The smallest absolute Gasteiger partial charge is 0.333 e. The number of rotatable bonds is 11. The van der Waals surface area contributed by atoms with Gasteiger partial charge in [0.2, 0.25) is 0 Å². The van der Waals surface area contributed by atoms with Crippen LogP contribution in [-0.4, -0.2) is 62.2 Å². The molecule has 0 spiro atoms. The first-order valence-electron chi connectivity index (χ1n) is 11.5. The maximum Gasteiger partial charge on any atom is 0.333 e. The van der Waals surface area contributed by atoms with E-state index in [2.05, 4.69) is 38.0 Å². The normalized spacial score (nSPS) is 12.3. The monoisotopic (exact) mass is 504 g/mol. The fraction of sp³-hybridized carbons (Fsp3) is 0.393. The highest BCUT2D eigenvalue weighted by Crippen LogP contribution is 2.09. The highest BCUT2D eigenvalue weighted by molar-refractivity contribution is 5.87. The number of unbranched alkanes of at least 4 members (excludes halogenated alkanes) is 1. The predicted octanol–water partition coefficient (Wildman–Crippen LogP) is 4.45. The molecule has 8 nitrogen and oxygen atoms in total. The molecule has 0 saturated carbocycles. The van der Waals surface area contributed by atoms with Crippen LogP contribution in [0.5, 0.6) is 0 Å². The summed E-state index contributed by atoms with van der Waals surface area (Å²) in [6.07, 6.45) is 5.00. The molecule has 1 aromatic carbocycles. The van der Waals surface area contributed by atoms with E-state index in [0.29, 0.717) is 31.0 Å². The average molecular weight is 505 g/mol. The fourth-order valence-corrected chi connectivity index (χ4v) is 1.68. The van der Waals surface area contributed by atoms with Gasteiger partial charge in [-0.3, -0.25) is 0 Å². The summed E-state index contributed by atoms with van der Waals surface area (Å²) in [5.41, 5.74) is 2.07. The first-order valence-corrected chi connectivity index (χ1v) is 11.5. The number of benzene rings is 1. The average Bonchev–Trinajstić information content (AvgIpc) is 3.72. The van der Waals surface area contributed by atoms with Gasteiger partial charge in [-0.25, -0.2) is 14.4 Å². The van der Waals surface area contributed by atoms with Crippen molar-refractivity contribution in [2.75, 3.05) is 33.0 Å². The van der Waals surface area contributed by atoms with Crippen molar-refractivity contribution in [1.82, 2.24) is 0 Å². The van der Waals surface area contributed by atoms with Gasteiger partial charge in [-0.05, 0) is 25.8 Å². The zero-order valence-electron chi connectivity index (χ0n) is 21.7. The quantitative estimate of drug-likeness (QED) is 0.155. The van der Waals surface area contributed by atoms with Crippen LogP contribution in [0.4, 0.5) is 0 Å². The second kappa shape index (κ2) is 23.3. The summed E-state index contributed by atoms with van der Waals surface area (Å²) in [4.78, 5) is 31.5. The molecule has 1 aliphatic heterocycles. The lowest BCUT2D eigenvalue weighted by atomic mass is 10.2. The fourth-order valence-electron chi connectivity index (χ4n) is 1.68. The molecular formula is C28H40O8. The summed E-state index contributed by atoms with van der Waals surface area (Å²) in [6.45, 7) is 20.5. The standard InChI is InChI=1S/C8H14O2.C8H8.C7H10O3.C5H8O3/c1-4-5-6-10-8(9)7(2)3;1-2-8-6-4-3-5-7-8;1-5(2)7(8)10-4-6-3-9-6;1-2-5(7)8-4-3-6/h2,4-6H2,1,3H3;2-7H,1H2;6H,1,3-4H2,2H3;2,6H,1,3-4H2. The Hall–Kier alpha value is -3.49. The van der Waals surface area contributed by atoms with Crippen LogP contribution in [0.15, 0.2) is 73.9 Å². The molecule has 1 saturated heterocycles. The highest BCUT2D eigenvalue weighted by Gasteiger charge is 2.24. The third kappa shape index (κ3) is 23.7. The molecule has 8 heteroatoms. The zero-order valence-corrected chi connectivity index (χ0v) is 21.7. The summed E-state index contributed by atoms with van der Waals surface area (Å²) in [7, 11) is 0. The van der Waals surface area contributed by atoms with Gasteiger partial charge in [0.1, 0.15) is 19.3 Å². The third-order valence-corrected chi connectivity index (χ3v) is 3.77. The van der Waals surface area contributed by atoms with Crippen molar-refractivity contribution in [2.45, 2.75) is 39.7 Å². The largest absolute Gasteiger partial charge is 0.462 e. The van der Waals surface area contributed by atoms with Crippen molar-refractivity contribution in [3.05, 3.63) is 79.4 Å². The summed E-state index contributed by atoms with van der Waals surface area (Å²) < 4.78 is 18.7. The zero-order chi connectivity index (χ0) is 27.8. The summed E-state index contributed by atoms with van der Waals surface area (Å²) in [6, 6.07) is 10.0. The van der Waals surface area contributed by atoms with Crippen LogP contribution in [0.2, 0.25) is 0 Å². The molecule has 2 rings (SSSR count). The minimum absolute atomic E-state index is 0.0465. The topological polar surface area (TPSA) is 112 Å². The molecule has 0 aromatic heterocycles. The molecule has 0 aliphatic carbocycles. The minimum atomic E-state index is -0.501. The Kier molecular flexibility index (Phi) is 22.4. The Labute approximate surface area is 214 Å². The second-order valence-electron chi connectivity index (χ2n) is 7.31. The van der Waals surface area contributed by atoms with Crippen molar-refractivity contribution in [3.8, 4) is 0 Å². The van der Waals surface area contributed by atoms with E-state index < -0.39 is 5.97 Å². The van der Waals surface area contributed by atoms with E-state index in [4.69, 9.17) is 19.3 Å². The van der Waals surface area contributed by atoms with Gasteiger partial charge in [0.15, 0.2) is 0 Å². The minimum Gasteiger partial charge on any atom is -0.462 e. The molecule has 36 heavy (non-hydrogen) atoms. The number of hydrogen-bond acceptors (Lipinski definition) is 8. The summed E-state index contributed by atoms with van der Waals surface area (Å²) in [5, 5.41) is 8.10. The Morgan fingerprint density at radius 1 is 1.00 bits per heavy atom. The van der Waals surface area contributed by atoms with E-state index in [0.717, 1.165) is 18.9 Å². The molecule has 0 radical (unpaired) electrons. The Bertz CT molecular complexity index is 810. The van der Waals surface area contributed by atoms with Crippen LogP contribution in [-0.2, 0) is 33.3 Å². The Balaban J connectivity index is 0. The van der Waals surface area contributed by atoms with Crippen molar-refractivity contribution >= 4 is 24.0 Å². The van der Waals surface area contributed by atoms with Gasteiger partial charge in [0.25, 0.3) is 0 Å². The maximum atomic E-state index is 10.7. The highest BCUT2D eigenvalue weighted by atomic mass is 16.6. The molecule has 1 aromatic rings. The van der Waals surface area contributed by atoms with E-state index in [1.54, 1.807) is 13.8 Å². The first-order chi connectivity index (χ1) is 17.1. The van der Waals surface area contributed by atoms with Crippen molar-refractivity contribution in [1.29, 1.82) is 0 Å². The molecule has 1 fully saturated rings. The van der Waals surface area contributed by atoms with Gasteiger partial charge in [-0.15, -0.1) is 0 Å². The van der Waals surface area contributed by atoms with Gasteiger partial charge in [0.05, 0.1) is 19.8 Å². The molecular weight excluding hydrogens is 464 g/mol. The van der Waals surface area contributed by atoms with Crippen LogP contribution in [0.25, 0.3) is 6.08 Å². The molecule has 1 heterocycles. The van der Waals surface area contributed by atoms with Gasteiger partial charge >= 0.3 is 17.9 Å². The van der Waals surface area contributed by atoms with Gasteiger partial charge in [-0.1, -0.05) is 76.1 Å². The molecule has 1 aliphatic rings. The predicted molar refractivity (Wildman–Crippen MR) is 141 cm³/mol. The van der Waals surface area contributed by atoms with E-state index >= 15 is 0 Å². The number of epoxide rings is 1. The number of aliphatic hydroxyl groups is 1. The molecule has 1 unspecified atom stereocenters. The third-order valence-electron chi connectivity index (χ3n) is 3.77. The molecule has 1 atom stereocenters. The number of ether oxygens (including phenoxy) is 4. The Morgan fingerprint density at radius 2 is 1.56 bits per heavy atom.